The summed E-state index contributed by atoms with van der Waals surface area (Å²) in [5.74, 6) is 6.19. The fraction of sp³-hybridized carbons (Fsp3) is 1.00. The van der Waals surface area contributed by atoms with Crippen molar-refractivity contribution in [3.63, 3.8) is 0 Å². The van der Waals surface area contributed by atoms with Gasteiger partial charge in [-0.05, 0) is 40.5 Å². The highest BCUT2D eigenvalue weighted by Crippen LogP contribution is 2.35. The molecule has 0 radical (unpaired) electrons. The van der Waals surface area contributed by atoms with Gasteiger partial charge in [0.05, 0.1) is 6.61 Å². The van der Waals surface area contributed by atoms with Crippen LogP contribution >= 0.6 is 0 Å². The van der Waals surface area contributed by atoms with E-state index in [1.54, 1.807) is 7.11 Å². The fourth-order valence-corrected chi connectivity index (χ4v) is 2.80. The second kappa shape index (κ2) is 5.00. The lowest BCUT2D eigenvalue weighted by molar-refractivity contribution is -0.0424. The van der Waals surface area contributed by atoms with Gasteiger partial charge in [0, 0.05) is 30.8 Å². The van der Waals surface area contributed by atoms with Gasteiger partial charge in [-0.15, -0.1) is 0 Å². The molecule has 96 valence electrons. The molecule has 0 amide bonds. The molecule has 1 aliphatic heterocycles. The first kappa shape index (κ1) is 13.9. The van der Waals surface area contributed by atoms with Crippen molar-refractivity contribution in [2.45, 2.75) is 57.7 Å². The molecular weight excluding hydrogens is 202 g/mol. The van der Waals surface area contributed by atoms with Crippen LogP contribution in [0.1, 0.15) is 40.5 Å². The highest BCUT2D eigenvalue weighted by atomic mass is 16.5. The average molecular weight is 229 g/mol. The lowest BCUT2D eigenvalue weighted by Crippen LogP contribution is -2.66. The molecule has 4 heteroatoms. The van der Waals surface area contributed by atoms with Crippen molar-refractivity contribution in [3.05, 3.63) is 0 Å². The molecule has 0 aromatic rings. The lowest BCUT2D eigenvalue weighted by Gasteiger charge is -2.53. The van der Waals surface area contributed by atoms with Crippen LogP contribution in [0, 0.1) is 0 Å². The minimum Gasteiger partial charge on any atom is -0.383 e. The second-order valence-corrected chi connectivity index (χ2v) is 6.05. The number of rotatable bonds is 4. The molecule has 0 unspecified atom stereocenters. The predicted molar refractivity (Wildman–Crippen MR) is 67.1 cm³/mol. The Kier molecular flexibility index (Phi) is 4.35. The quantitative estimate of drug-likeness (QED) is 0.560. The monoisotopic (exact) mass is 229 g/mol. The standard InChI is InChI=1S/C12H27N3O/c1-11(2)8-10(14-6-7-16-5)9-12(3,4)15(11)13/h10,14H,6-9,13H2,1-5H3. The number of piperidine rings is 1. The van der Waals surface area contributed by atoms with E-state index >= 15 is 0 Å². The van der Waals surface area contributed by atoms with Gasteiger partial charge in [0.2, 0.25) is 0 Å². The maximum absolute atomic E-state index is 6.19. The van der Waals surface area contributed by atoms with Crippen molar-refractivity contribution in [1.29, 1.82) is 0 Å². The molecule has 4 nitrogen and oxygen atoms in total. The minimum atomic E-state index is 0.0481. The zero-order valence-corrected chi connectivity index (χ0v) is 11.3. The fourth-order valence-electron chi connectivity index (χ4n) is 2.80. The van der Waals surface area contributed by atoms with Crippen LogP contribution in [0.25, 0.3) is 0 Å². The summed E-state index contributed by atoms with van der Waals surface area (Å²) in [5, 5.41) is 5.56. The average Bonchev–Trinajstić information content (AvgIpc) is 2.14. The topological polar surface area (TPSA) is 50.5 Å². The summed E-state index contributed by atoms with van der Waals surface area (Å²) in [6, 6.07) is 0.528. The predicted octanol–water partition coefficient (Wildman–Crippen LogP) is 1.12. The molecule has 0 aliphatic carbocycles. The molecule has 0 atom stereocenters. The van der Waals surface area contributed by atoms with Crippen molar-refractivity contribution in [2.75, 3.05) is 20.3 Å². The van der Waals surface area contributed by atoms with Gasteiger partial charge in [0.15, 0.2) is 0 Å². The number of nitrogens with zero attached hydrogens (tertiary/aromatic N) is 1. The third-order valence-corrected chi connectivity index (χ3v) is 3.54. The molecule has 0 aromatic carbocycles. The van der Waals surface area contributed by atoms with Gasteiger partial charge in [-0.25, -0.2) is 5.01 Å². The van der Waals surface area contributed by atoms with Crippen LogP contribution in [0.5, 0.6) is 0 Å². The first-order chi connectivity index (χ1) is 7.29. The van der Waals surface area contributed by atoms with E-state index in [9.17, 15) is 0 Å². The summed E-state index contributed by atoms with van der Waals surface area (Å²) in [4.78, 5) is 0. The van der Waals surface area contributed by atoms with Crippen LogP contribution in [0.4, 0.5) is 0 Å². The van der Waals surface area contributed by atoms with E-state index in [2.05, 4.69) is 33.0 Å². The van der Waals surface area contributed by atoms with Crippen molar-refractivity contribution >= 4 is 0 Å². The van der Waals surface area contributed by atoms with Gasteiger partial charge in [0.1, 0.15) is 0 Å². The van der Waals surface area contributed by atoms with E-state index < -0.39 is 0 Å². The molecule has 3 N–H and O–H groups in total. The lowest BCUT2D eigenvalue weighted by atomic mass is 9.78. The Balaban J connectivity index is 2.57. The Morgan fingerprint density at radius 3 is 2.19 bits per heavy atom. The molecule has 1 aliphatic rings. The molecule has 1 heterocycles. The van der Waals surface area contributed by atoms with E-state index in [0.717, 1.165) is 26.0 Å². The van der Waals surface area contributed by atoms with Gasteiger partial charge in [-0.2, -0.15) is 0 Å². The van der Waals surface area contributed by atoms with E-state index in [1.807, 2.05) is 5.01 Å². The van der Waals surface area contributed by atoms with Crippen molar-refractivity contribution < 1.29 is 4.74 Å². The number of nitrogens with two attached hydrogens (primary N) is 1. The van der Waals surface area contributed by atoms with Gasteiger partial charge in [0.25, 0.3) is 0 Å². The van der Waals surface area contributed by atoms with Gasteiger partial charge in [-0.3, -0.25) is 5.84 Å². The highest BCUT2D eigenvalue weighted by molar-refractivity contribution is 4.99. The maximum atomic E-state index is 6.19. The second-order valence-electron chi connectivity index (χ2n) is 6.05. The molecule has 0 aromatic heterocycles. The normalized spacial score (nSPS) is 25.9. The third kappa shape index (κ3) is 3.17. The Morgan fingerprint density at radius 1 is 1.25 bits per heavy atom. The number of hydrogen-bond donors (Lipinski definition) is 2. The first-order valence-electron chi connectivity index (χ1n) is 6.07. The number of hydrogen-bond acceptors (Lipinski definition) is 4. The van der Waals surface area contributed by atoms with E-state index in [0.29, 0.717) is 6.04 Å². The number of hydrazine groups is 1. The van der Waals surface area contributed by atoms with Crippen LogP contribution in [0.2, 0.25) is 0 Å². The molecular formula is C12H27N3O. The summed E-state index contributed by atoms with van der Waals surface area (Å²) in [5.41, 5.74) is 0.0962. The number of methoxy groups -OCH3 is 1. The SMILES string of the molecule is COCCNC1CC(C)(C)N(N)C(C)(C)C1. The van der Waals surface area contributed by atoms with E-state index in [-0.39, 0.29) is 11.1 Å². The summed E-state index contributed by atoms with van der Waals surface area (Å²) < 4.78 is 5.06. The Morgan fingerprint density at radius 2 is 1.75 bits per heavy atom. The van der Waals surface area contributed by atoms with Crippen LogP contribution in [-0.4, -0.2) is 42.4 Å². The minimum absolute atomic E-state index is 0.0481. The molecule has 1 saturated heterocycles. The van der Waals surface area contributed by atoms with Crippen molar-refractivity contribution in [2.24, 2.45) is 5.84 Å². The van der Waals surface area contributed by atoms with Crippen LogP contribution in [0.3, 0.4) is 0 Å². The molecule has 1 rings (SSSR count). The molecule has 0 saturated carbocycles. The summed E-state index contributed by atoms with van der Waals surface area (Å²) in [7, 11) is 1.73. The Bertz CT molecular complexity index is 210. The van der Waals surface area contributed by atoms with Gasteiger partial charge in [-0.1, -0.05) is 0 Å². The van der Waals surface area contributed by atoms with Gasteiger partial charge < -0.3 is 10.1 Å². The highest BCUT2D eigenvalue weighted by Gasteiger charge is 2.43. The largest absolute Gasteiger partial charge is 0.383 e. The molecule has 16 heavy (non-hydrogen) atoms. The third-order valence-electron chi connectivity index (χ3n) is 3.54. The summed E-state index contributed by atoms with van der Waals surface area (Å²) in [6.45, 7) is 10.5. The zero-order valence-electron chi connectivity index (χ0n) is 11.3. The van der Waals surface area contributed by atoms with Crippen molar-refractivity contribution in [1.82, 2.24) is 10.3 Å². The van der Waals surface area contributed by atoms with E-state index in [4.69, 9.17) is 10.6 Å². The summed E-state index contributed by atoms with van der Waals surface area (Å²) >= 11 is 0. The summed E-state index contributed by atoms with van der Waals surface area (Å²) in [6.07, 6.45) is 2.16. The van der Waals surface area contributed by atoms with Gasteiger partial charge >= 0.3 is 0 Å². The van der Waals surface area contributed by atoms with Crippen LogP contribution in [0.15, 0.2) is 0 Å². The Hall–Kier alpha value is -0.160. The van der Waals surface area contributed by atoms with Crippen LogP contribution in [-0.2, 0) is 4.74 Å². The smallest absolute Gasteiger partial charge is 0.0587 e. The zero-order chi connectivity index (χ0) is 12.4. The Labute approximate surface area is 99.5 Å². The first-order valence-corrected chi connectivity index (χ1v) is 6.07. The number of ether oxygens (including phenoxy) is 1. The molecule has 0 spiro atoms. The maximum Gasteiger partial charge on any atom is 0.0587 e. The van der Waals surface area contributed by atoms with Crippen LogP contribution < -0.4 is 11.2 Å². The number of nitrogens with one attached hydrogen (secondary N) is 1. The molecule has 0 bridgehead atoms. The van der Waals surface area contributed by atoms with E-state index in [1.165, 1.54) is 0 Å². The molecule has 1 fully saturated rings. The van der Waals surface area contributed by atoms with Crippen molar-refractivity contribution in [3.8, 4) is 0 Å².